The summed E-state index contributed by atoms with van der Waals surface area (Å²) < 4.78 is 11.9. The van der Waals surface area contributed by atoms with Crippen molar-refractivity contribution in [2.45, 2.75) is 72.2 Å². The Kier molecular flexibility index (Phi) is 4.36. The lowest BCUT2D eigenvalue weighted by molar-refractivity contribution is -0.117. The van der Waals surface area contributed by atoms with Crippen LogP contribution < -0.4 is 4.74 Å². The maximum absolute atomic E-state index is 6.11. The molecule has 0 saturated carbocycles. The summed E-state index contributed by atoms with van der Waals surface area (Å²) in [6, 6.07) is 8.17. The van der Waals surface area contributed by atoms with E-state index in [1.165, 1.54) is 0 Å². The van der Waals surface area contributed by atoms with Gasteiger partial charge in [-0.25, -0.2) is 0 Å². The summed E-state index contributed by atoms with van der Waals surface area (Å²) in [6.07, 6.45) is 0. The summed E-state index contributed by atoms with van der Waals surface area (Å²) in [5.41, 5.74) is 0.519. The van der Waals surface area contributed by atoms with E-state index in [4.69, 9.17) is 9.47 Å². The van der Waals surface area contributed by atoms with Gasteiger partial charge in [0.25, 0.3) is 0 Å². The largest absolute Gasteiger partial charge is 0.488 e. The molecule has 0 bridgehead atoms. The van der Waals surface area contributed by atoms with Crippen molar-refractivity contribution in [3.05, 3.63) is 29.8 Å². The molecule has 0 unspecified atom stereocenters. The van der Waals surface area contributed by atoms with Gasteiger partial charge in [0, 0.05) is 0 Å². The number of hydrogen-bond donors (Lipinski definition) is 0. The molecule has 0 radical (unpaired) electrons. The monoisotopic (exact) mass is 264 g/mol. The standard InChI is InChI=1S/C17H28O2/c1-15(2,3)18-14-11-9-13(10-12-14)17(7,8)19-16(4,5)6/h9-12H,1-8H3. The van der Waals surface area contributed by atoms with Crippen molar-refractivity contribution in [2.24, 2.45) is 0 Å². The molecule has 0 spiro atoms. The van der Waals surface area contributed by atoms with Crippen molar-refractivity contribution in [1.82, 2.24) is 0 Å². The molecule has 0 saturated heterocycles. The molecule has 0 fully saturated rings. The third kappa shape index (κ3) is 5.65. The zero-order valence-corrected chi connectivity index (χ0v) is 13.6. The molecular formula is C17H28O2. The van der Waals surface area contributed by atoms with E-state index < -0.39 is 0 Å². The minimum Gasteiger partial charge on any atom is -0.488 e. The van der Waals surface area contributed by atoms with Crippen LogP contribution in [0.3, 0.4) is 0 Å². The Labute approximate surface area is 118 Å². The van der Waals surface area contributed by atoms with Gasteiger partial charge in [0.15, 0.2) is 0 Å². The molecule has 19 heavy (non-hydrogen) atoms. The van der Waals surface area contributed by atoms with Crippen LogP contribution in [-0.4, -0.2) is 11.2 Å². The third-order valence-electron chi connectivity index (χ3n) is 2.53. The Morgan fingerprint density at radius 1 is 0.684 bits per heavy atom. The quantitative estimate of drug-likeness (QED) is 0.772. The average Bonchev–Trinajstić information content (AvgIpc) is 2.11. The Balaban J connectivity index is 2.86. The molecule has 0 N–H and O–H groups in total. The number of benzene rings is 1. The van der Waals surface area contributed by atoms with Crippen LogP contribution in [0.25, 0.3) is 0 Å². The lowest BCUT2D eigenvalue weighted by Crippen LogP contribution is -2.32. The van der Waals surface area contributed by atoms with E-state index in [0.717, 1.165) is 11.3 Å². The molecule has 0 aromatic heterocycles. The molecule has 1 aromatic rings. The van der Waals surface area contributed by atoms with Crippen molar-refractivity contribution in [1.29, 1.82) is 0 Å². The minimum atomic E-state index is -0.307. The molecule has 0 aliphatic heterocycles. The fraction of sp³-hybridized carbons (Fsp3) is 0.647. The lowest BCUT2D eigenvalue weighted by Gasteiger charge is -2.34. The molecule has 2 heteroatoms. The maximum Gasteiger partial charge on any atom is 0.120 e. The van der Waals surface area contributed by atoms with Crippen LogP contribution in [0.15, 0.2) is 24.3 Å². The highest BCUT2D eigenvalue weighted by molar-refractivity contribution is 5.30. The normalized spacial score (nSPS) is 13.5. The maximum atomic E-state index is 6.11. The van der Waals surface area contributed by atoms with Crippen LogP contribution >= 0.6 is 0 Å². The molecule has 0 aliphatic carbocycles. The summed E-state index contributed by atoms with van der Waals surface area (Å²) in [5.74, 6) is 0.891. The first-order valence-electron chi connectivity index (χ1n) is 6.89. The van der Waals surface area contributed by atoms with Crippen molar-refractivity contribution in [3.8, 4) is 5.75 Å². The van der Waals surface area contributed by atoms with Gasteiger partial charge in [-0.2, -0.15) is 0 Å². The molecule has 1 aromatic carbocycles. The van der Waals surface area contributed by atoms with Gasteiger partial charge in [-0.1, -0.05) is 12.1 Å². The molecule has 0 atom stereocenters. The van der Waals surface area contributed by atoms with Crippen molar-refractivity contribution >= 4 is 0 Å². The second-order valence-corrected chi connectivity index (χ2v) is 7.46. The van der Waals surface area contributed by atoms with Gasteiger partial charge in [-0.15, -0.1) is 0 Å². The fourth-order valence-corrected chi connectivity index (χ4v) is 2.10. The second-order valence-electron chi connectivity index (χ2n) is 7.46. The molecule has 2 nitrogen and oxygen atoms in total. The summed E-state index contributed by atoms with van der Waals surface area (Å²) in [6.45, 7) is 16.6. The van der Waals surface area contributed by atoms with E-state index in [2.05, 4.69) is 46.8 Å². The first kappa shape index (κ1) is 16.0. The predicted octanol–water partition coefficient (Wildman–Crippen LogP) is 4.91. The zero-order valence-electron chi connectivity index (χ0n) is 13.6. The summed E-state index contributed by atoms with van der Waals surface area (Å²) in [4.78, 5) is 0. The Hall–Kier alpha value is -1.02. The summed E-state index contributed by atoms with van der Waals surface area (Å²) in [7, 11) is 0. The van der Waals surface area contributed by atoms with Gasteiger partial charge in [0.1, 0.15) is 11.4 Å². The Bertz CT molecular complexity index is 402. The van der Waals surface area contributed by atoms with Crippen LogP contribution in [0.5, 0.6) is 5.75 Å². The highest BCUT2D eigenvalue weighted by Crippen LogP contribution is 2.31. The van der Waals surface area contributed by atoms with Crippen LogP contribution in [0.2, 0.25) is 0 Å². The van der Waals surface area contributed by atoms with Gasteiger partial charge in [-0.3, -0.25) is 0 Å². The van der Waals surface area contributed by atoms with Crippen LogP contribution in [-0.2, 0) is 10.3 Å². The van der Waals surface area contributed by atoms with Gasteiger partial charge in [0.05, 0.1) is 11.2 Å². The highest BCUT2D eigenvalue weighted by atomic mass is 16.5. The Morgan fingerprint density at radius 3 is 1.53 bits per heavy atom. The van der Waals surface area contributed by atoms with E-state index in [1.807, 2.05) is 32.9 Å². The topological polar surface area (TPSA) is 18.5 Å². The average molecular weight is 264 g/mol. The van der Waals surface area contributed by atoms with E-state index in [1.54, 1.807) is 0 Å². The zero-order chi connectivity index (χ0) is 14.9. The fourth-order valence-electron chi connectivity index (χ4n) is 2.10. The predicted molar refractivity (Wildman–Crippen MR) is 80.7 cm³/mol. The highest BCUT2D eigenvalue weighted by Gasteiger charge is 2.27. The summed E-state index contributed by atoms with van der Waals surface area (Å²) >= 11 is 0. The molecule has 0 amide bonds. The van der Waals surface area contributed by atoms with E-state index in [9.17, 15) is 0 Å². The molecule has 108 valence electrons. The van der Waals surface area contributed by atoms with E-state index in [-0.39, 0.29) is 16.8 Å². The summed E-state index contributed by atoms with van der Waals surface area (Å²) in [5, 5.41) is 0. The first-order chi connectivity index (χ1) is 8.39. The number of hydrogen-bond acceptors (Lipinski definition) is 2. The van der Waals surface area contributed by atoms with E-state index >= 15 is 0 Å². The van der Waals surface area contributed by atoms with Crippen LogP contribution in [0.4, 0.5) is 0 Å². The number of rotatable bonds is 3. The number of ether oxygens (including phenoxy) is 2. The van der Waals surface area contributed by atoms with Crippen LogP contribution in [0.1, 0.15) is 61.0 Å². The van der Waals surface area contributed by atoms with Gasteiger partial charge in [0.2, 0.25) is 0 Å². The molecule has 0 heterocycles. The smallest absolute Gasteiger partial charge is 0.120 e. The first-order valence-corrected chi connectivity index (χ1v) is 6.89. The van der Waals surface area contributed by atoms with Gasteiger partial charge >= 0.3 is 0 Å². The molecule has 1 rings (SSSR count). The molecular weight excluding hydrogens is 236 g/mol. The van der Waals surface area contributed by atoms with Crippen LogP contribution in [0, 0.1) is 0 Å². The van der Waals surface area contributed by atoms with Crippen molar-refractivity contribution in [3.63, 3.8) is 0 Å². The van der Waals surface area contributed by atoms with Gasteiger partial charge in [-0.05, 0) is 73.1 Å². The minimum absolute atomic E-state index is 0.163. The SMILES string of the molecule is CC(C)(C)Oc1ccc(C(C)(C)OC(C)(C)C)cc1. The van der Waals surface area contributed by atoms with Gasteiger partial charge < -0.3 is 9.47 Å². The second kappa shape index (κ2) is 5.16. The molecule has 0 aliphatic rings. The van der Waals surface area contributed by atoms with Crippen molar-refractivity contribution in [2.75, 3.05) is 0 Å². The Morgan fingerprint density at radius 2 is 1.16 bits per heavy atom. The van der Waals surface area contributed by atoms with E-state index in [0.29, 0.717) is 0 Å². The third-order valence-corrected chi connectivity index (χ3v) is 2.53. The lowest BCUT2D eigenvalue weighted by atomic mass is 9.96. The van der Waals surface area contributed by atoms with Crippen molar-refractivity contribution < 1.29 is 9.47 Å².